The van der Waals surface area contributed by atoms with Gasteiger partial charge in [0.25, 0.3) is 0 Å². The number of aliphatic imine (C=N–C) groups is 1. The van der Waals surface area contributed by atoms with Crippen molar-refractivity contribution in [1.29, 1.82) is 0 Å². The van der Waals surface area contributed by atoms with E-state index < -0.39 is 46.5 Å². The molecule has 1 aromatic carbocycles. The first-order chi connectivity index (χ1) is 17.1. The first kappa shape index (κ1) is 24.4. The summed E-state index contributed by atoms with van der Waals surface area (Å²) >= 11 is 0. The summed E-state index contributed by atoms with van der Waals surface area (Å²) in [6.07, 6.45) is 1.78. The Bertz CT molecular complexity index is 1340. The smallest absolute Gasteiger partial charge is 0.416 e. The second-order valence-corrected chi connectivity index (χ2v) is 7.24. The van der Waals surface area contributed by atoms with Crippen molar-refractivity contribution in [1.82, 2.24) is 5.01 Å². The van der Waals surface area contributed by atoms with Crippen LogP contribution in [0.5, 0.6) is 0 Å². The largest absolute Gasteiger partial charge is 0.465 e. The lowest BCUT2D eigenvalue weighted by Crippen LogP contribution is -2.45. The van der Waals surface area contributed by atoms with Crippen LogP contribution in [0.1, 0.15) is 5.56 Å². The SMILES string of the molecule is COC(=O)C1=C2N=C3C=CC=CN3N=C2N(c2ccc(C(F)(F)F)cc2)C(C(=O)OC)=C1C(=O)OC. The minimum absolute atomic E-state index is 0.000139. The molecule has 0 aromatic heterocycles. The van der Waals surface area contributed by atoms with Gasteiger partial charge in [0.1, 0.15) is 22.5 Å². The Morgan fingerprint density at radius 3 is 2.06 bits per heavy atom. The highest BCUT2D eigenvalue weighted by Gasteiger charge is 2.45. The summed E-state index contributed by atoms with van der Waals surface area (Å²) in [7, 11) is 3.12. The summed E-state index contributed by atoms with van der Waals surface area (Å²) in [6.45, 7) is 0. The van der Waals surface area contributed by atoms with Crippen molar-refractivity contribution in [3.8, 4) is 0 Å². The van der Waals surface area contributed by atoms with E-state index >= 15 is 0 Å². The van der Waals surface area contributed by atoms with Crippen LogP contribution in [-0.2, 0) is 34.8 Å². The summed E-state index contributed by atoms with van der Waals surface area (Å²) in [6, 6.07) is 3.75. The van der Waals surface area contributed by atoms with Crippen LogP contribution in [0, 0.1) is 0 Å². The maximum atomic E-state index is 13.2. The second-order valence-electron chi connectivity index (χ2n) is 7.24. The summed E-state index contributed by atoms with van der Waals surface area (Å²) in [5, 5.41) is 5.76. The van der Waals surface area contributed by atoms with Gasteiger partial charge in [0.2, 0.25) is 0 Å². The number of hydrogen-bond acceptors (Lipinski definition) is 10. The number of methoxy groups -OCH3 is 3. The van der Waals surface area contributed by atoms with Crippen molar-refractivity contribution in [3.63, 3.8) is 0 Å². The summed E-state index contributed by atoms with van der Waals surface area (Å²) in [4.78, 5) is 44.3. The first-order valence-electron chi connectivity index (χ1n) is 10.1. The highest BCUT2D eigenvalue weighted by atomic mass is 19.4. The zero-order valence-electron chi connectivity index (χ0n) is 19.0. The fourth-order valence-corrected chi connectivity index (χ4v) is 3.63. The number of amidine groups is 2. The van der Waals surface area contributed by atoms with E-state index in [4.69, 9.17) is 14.2 Å². The number of hydrogen-bond donors (Lipinski definition) is 0. The molecule has 10 nitrogen and oxygen atoms in total. The molecule has 36 heavy (non-hydrogen) atoms. The predicted molar refractivity (Wildman–Crippen MR) is 119 cm³/mol. The number of carbonyl (C=O) groups is 3. The van der Waals surface area contributed by atoms with Crippen molar-refractivity contribution < 1.29 is 41.8 Å². The van der Waals surface area contributed by atoms with E-state index in [-0.39, 0.29) is 23.1 Å². The van der Waals surface area contributed by atoms with Gasteiger partial charge in [-0.1, -0.05) is 6.08 Å². The van der Waals surface area contributed by atoms with E-state index in [0.717, 1.165) is 50.5 Å². The molecule has 0 saturated heterocycles. The Labute approximate surface area is 201 Å². The third-order valence-corrected chi connectivity index (χ3v) is 5.23. The maximum Gasteiger partial charge on any atom is 0.416 e. The Kier molecular flexibility index (Phi) is 6.23. The van der Waals surface area contributed by atoms with Gasteiger partial charge in [-0.3, -0.25) is 4.90 Å². The van der Waals surface area contributed by atoms with E-state index in [1.165, 1.54) is 11.2 Å². The molecule has 4 rings (SSSR count). The highest BCUT2D eigenvalue weighted by Crippen LogP contribution is 2.39. The maximum absolute atomic E-state index is 13.2. The summed E-state index contributed by atoms with van der Waals surface area (Å²) in [5.41, 5.74) is -2.62. The molecule has 0 amide bonds. The van der Waals surface area contributed by atoms with Crippen LogP contribution >= 0.6 is 0 Å². The number of rotatable bonds is 4. The highest BCUT2D eigenvalue weighted by molar-refractivity contribution is 6.28. The van der Waals surface area contributed by atoms with Crippen LogP contribution in [0.3, 0.4) is 0 Å². The molecule has 3 heterocycles. The van der Waals surface area contributed by atoms with Crippen molar-refractivity contribution in [2.45, 2.75) is 6.18 Å². The molecule has 0 unspecified atom stereocenters. The zero-order chi connectivity index (χ0) is 26.2. The average Bonchev–Trinajstić information content (AvgIpc) is 2.88. The Morgan fingerprint density at radius 1 is 0.861 bits per heavy atom. The van der Waals surface area contributed by atoms with Crippen molar-refractivity contribution in [3.05, 3.63) is 76.8 Å². The van der Waals surface area contributed by atoms with Gasteiger partial charge < -0.3 is 14.2 Å². The number of nitrogens with zero attached hydrogens (tertiary/aromatic N) is 4. The molecule has 0 bridgehead atoms. The van der Waals surface area contributed by atoms with Crippen LogP contribution in [0.4, 0.5) is 18.9 Å². The minimum Gasteiger partial charge on any atom is -0.465 e. The topological polar surface area (TPSA) is 110 Å². The van der Waals surface area contributed by atoms with Crippen LogP contribution in [0.25, 0.3) is 0 Å². The van der Waals surface area contributed by atoms with Gasteiger partial charge in [-0.25, -0.2) is 24.4 Å². The number of anilines is 1. The van der Waals surface area contributed by atoms with E-state index in [1.807, 2.05) is 0 Å². The van der Waals surface area contributed by atoms with Gasteiger partial charge in [0, 0.05) is 11.9 Å². The van der Waals surface area contributed by atoms with Crippen molar-refractivity contribution >= 4 is 35.3 Å². The van der Waals surface area contributed by atoms with Crippen LogP contribution < -0.4 is 4.90 Å². The molecule has 0 atom stereocenters. The summed E-state index contributed by atoms with van der Waals surface area (Å²) < 4.78 is 54.1. The lowest BCUT2D eigenvalue weighted by molar-refractivity contribution is -0.140. The Morgan fingerprint density at radius 2 is 1.47 bits per heavy atom. The van der Waals surface area contributed by atoms with E-state index in [1.54, 1.807) is 18.2 Å². The molecule has 0 N–H and O–H groups in total. The van der Waals surface area contributed by atoms with E-state index in [0.29, 0.717) is 0 Å². The van der Waals surface area contributed by atoms with Gasteiger partial charge in [0.15, 0.2) is 11.7 Å². The first-order valence-corrected chi connectivity index (χ1v) is 10.1. The Balaban J connectivity index is 2.08. The molecular formula is C23H17F3N4O6. The monoisotopic (exact) mass is 502 g/mol. The van der Waals surface area contributed by atoms with Gasteiger partial charge in [0.05, 0.1) is 26.9 Å². The number of halogens is 3. The molecule has 0 fully saturated rings. The number of carbonyl (C=O) groups excluding carboxylic acids is 3. The zero-order valence-corrected chi connectivity index (χ0v) is 19.0. The molecule has 13 heteroatoms. The number of fused-ring (bicyclic) bond motifs is 2. The number of alkyl halides is 3. The molecule has 0 aliphatic carbocycles. The fraction of sp³-hybridized carbons (Fsp3) is 0.174. The van der Waals surface area contributed by atoms with Gasteiger partial charge in [-0.15, -0.1) is 5.10 Å². The molecule has 1 aromatic rings. The normalized spacial score (nSPS) is 16.7. The third kappa shape index (κ3) is 4.04. The predicted octanol–water partition coefficient (Wildman–Crippen LogP) is 2.66. The van der Waals surface area contributed by atoms with Crippen molar-refractivity contribution in [2.75, 3.05) is 26.2 Å². The average molecular weight is 502 g/mol. The Hall–Kier alpha value is -4.68. The fourth-order valence-electron chi connectivity index (χ4n) is 3.63. The molecule has 186 valence electrons. The lowest BCUT2D eigenvalue weighted by atomic mass is 9.94. The van der Waals surface area contributed by atoms with Crippen molar-refractivity contribution in [2.24, 2.45) is 10.1 Å². The lowest BCUT2D eigenvalue weighted by Gasteiger charge is -2.36. The number of allylic oxidation sites excluding steroid dienone is 2. The van der Waals surface area contributed by atoms with Gasteiger partial charge in [-0.05, 0) is 36.4 Å². The third-order valence-electron chi connectivity index (χ3n) is 5.23. The second kappa shape index (κ2) is 9.17. The minimum atomic E-state index is -4.62. The number of benzene rings is 1. The van der Waals surface area contributed by atoms with Crippen LogP contribution in [0.2, 0.25) is 0 Å². The molecule has 0 spiro atoms. The molecular weight excluding hydrogens is 485 g/mol. The molecule has 0 radical (unpaired) electrons. The number of esters is 3. The molecule has 3 aliphatic rings. The van der Waals surface area contributed by atoms with Gasteiger partial charge in [-0.2, -0.15) is 13.2 Å². The standard InChI is InChI=1S/C23H17F3N4O6/c1-34-20(31)15-16(21(32)35-2)18(22(33)36-3)30(13-9-7-12(8-10-13)23(24,25)26)19-17(15)27-14-6-4-5-11-29(14)28-19/h4-11H,1-3H3. The molecule has 3 aliphatic heterocycles. The summed E-state index contributed by atoms with van der Waals surface area (Å²) in [5.74, 6) is -3.12. The van der Waals surface area contributed by atoms with Gasteiger partial charge >= 0.3 is 24.1 Å². The molecule has 0 saturated carbocycles. The van der Waals surface area contributed by atoms with Crippen LogP contribution in [-0.4, -0.2) is 55.9 Å². The number of hydrazone groups is 1. The van der Waals surface area contributed by atoms with E-state index in [9.17, 15) is 27.6 Å². The van der Waals surface area contributed by atoms with Crippen LogP contribution in [0.15, 0.2) is 81.3 Å². The van der Waals surface area contributed by atoms with E-state index in [2.05, 4.69) is 10.1 Å². The quantitative estimate of drug-likeness (QED) is 0.457. The number of ether oxygens (including phenoxy) is 3.